The van der Waals surface area contributed by atoms with E-state index >= 15 is 0 Å². The van der Waals surface area contributed by atoms with Crippen LogP contribution in [-0.2, 0) is 10.9 Å². The highest BCUT2D eigenvalue weighted by molar-refractivity contribution is 6.04. The highest BCUT2D eigenvalue weighted by atomic mass is 19.4. The van der Waals surface area contributed by atoms with Crippen molar-refractivity contribution in [3.63, 3.8) is 0 Å². The molecular weight excluding hydrogens is 347 g/mol. The first-order valence-electron chi connectivity index (χ1n) is 8.21. The first kappa shape index (κ1) is 18.2. The number of carbonyl (C=O) groups is 1. The lowest BCUT2D eigenvalue weighted by molar-refractivity contribution is -0.137. The maximum Gasteiger partial charge on any atom is 0.416 e. The molecule has 1 atom stereocenters. The molecule has 8 heteroatoms. The van der Waals surface area contributed by atoms with E-state index in [0.29, 0.717) is 12.2 Å². The van der Waals surface area contributed by atoms with Crippen LogP contribution >= 0.6 is 0 Å². The van der Waals surface area contributed by atoms with Gasteiger partial charge in [-0.25, -0.2) is 0 Å². The quantitative estimate of drug-likeness (QED) is 0.842. The normalized spacial score (nSPS) is 17.1. The number of amides is 1. The Bertz CT molecular complexity index is 774. The number of aromatic nitrogens is 1. The number of alkyl halides is 3. The van der Waals surface area contributed by atoms with E-state index in [-0.39, 0.29) is 17.4 Å². The highest BCUT2D eigenvalue weighted by Crippen LogP contribution is 2.30. The molecule has 0 bridgehead atoms. The van der Waals surface area contributed by atoms with Gasteiger partial charge >= 0.3 is 6.18 Å². The molecule has 2 heterocycles. The Kier molecular flexibility index (Phi) is 5.41. The fraction of sp³-hybridized carbons (Fsp3) is 0.333. The van der Waals surface area contributed by atoms with Gasteiger partial charge in [-0.2, -0.15) is 13.2 Å². The summed E-state index contributed by atoms with van der Waals surface area (Å²) in [5.41, 5.74) is 0.153. The maximum atomic E-state index is 12.8. The van der Waals surface area contributed by atoms with Crippen LogP contribution in [0.4, 0.5) is 24.5 Å². The predicted octanol–water partition coefficient (Wildman–Crippen LogP) is 3.94. The Morgan fingerprint density at radius 2 is 2.08 bits per heavy atom. The molecule has 1 amide bonds. The number of halogens is 3. The van der Waals surface area contributed by atoms with Crippen molar-refractivity contribution in [2.75, 3.05) is 23.8 Å². The molecule has 0 aliphatic carbocycles. The van der Waals surface area contributed by atoms with Crippen molar-refractivity contribution in [3.8, 4) is 0 Å². The number of nitrogens with one attached hydrogen (secondary N) is 2. The number of ether oxygens (including phenoxy) is 1. The zero-order chi connectivity index (χ0) is 18.6. The summed E-state index contributed by atoms with van der Waals surface area (Å²) in [4.78, 5) is 16.3. The third-order valence-corrected chi connectivity index (χ3v) is 4.01. The average Bonchev–Trinajstić information content (AvgIpc) is 3.13. The minimum atomic E-state index is -4.46. The van der Waals surface area contributed by atoms with E-state index in [4.69, 9.17) is 4.74 Å². The van der Waals surface area contributed by atoms with Gasteiger partial charge in [-0.15, -0.1) is 0 Å². The molecule has 2 aromatic rings. The van der Waals surface area contributed by atoms with Crippen molar-refractivity contribution in [1.82, 2.24) is 4.98 Å². The predicted molar refractivity (Wildman–Crippen MR) is 91.1 cm³/mol. The SMILES string of the molecule is O=C(Nc1cccc(C(F)(F)F)c1)c1cncc(NCC2CCCO2)c1. The summed E-state index contributed by atoms with van der Waals surface area (Å²) < 4.78 is 43.8. The number of carbonyl (C=O) groups excluding carboxylic acids is 1. The van der Waals surface area contributed by atoms with Gasteiger partial charge in [-0.3, -0.25) is 9.78 Å². The van der Waals surface area contributed by atoms with E-state index in [0.717, 1.165) is 31.6 Å². The largest absolute Gasteiger partial charge is 0.416 e. The molecule has 1 aromatic heterocycles. The number of benzene rings is 1. The molecule has 26 heavy (non-hydrogen) atoms. The summed E-state index contributed by atoms with van der Waals surface area (Å²) in [6.45, 7) is 1.37. The van der Waals surface area contributed by atoms with Gasteiger partial charge in [0.15, 0.2) is 0 Å². The Morgan fingerprint density at radius 3 is 2.81 bits per heavy atom. The minimum Gasteiger partial charge on any atom is -0.381 e. The third kappa shape index (κ3) is 4.72. The van der Waals surface area contributed by atoms with Gasteiger partial charge < -0.3 is 15.4 Å². The topological polar surface area (TPSA) is 63.2 Å². The van der Waals surface area contributed by atoms with E-state index in [1.165, 1.54) is 18.3 Å². The van der Waals surface area contributed by atoms with Gasteiger partial charge in [0.25, 0.3) is 5.91 Å². The van der Waals surface area contributed by atoms with Crippen molar-refractivity contribution in [3.05, 3.63) is 53.9 Å². The average molecular weight is 365 g/mol. The monoisotopic (exact) mass is 365 g/mol. The number of nitrogens with zero attached hydrogens (tertiary/aromatic N) is 1. The number of hydrogen-bond acceptors (Lipinski definition) is 4. The molecule has 1 aliphatic rings. The van der Waals surface area contributed by atoms with E-state index in [9.17, 15) is 18.0 Å². The fourth-order valence-corrected chi connectivity index (χ4v) is 2.67. The van der Waals surface area contributed by atoms with Crippen molar-refractivity contribution in [2.45, 2.75) is 25.1 Å². The van der Waals surface area contributed by atoms with E-state index in [1.54, 1.807) is 12.3 Å². The summed E-state index contributed by atoms with van der Waals surface area (Å²) in [7, 11) is 0. The third-order valence-electron chi connectivity index (χ3n) is 4.01. The van der Waals surface area contributed by atoms with Crippen LogP contribution < -0.4 is 10.6 Å². The van der Waals surface area contributed by atoms with Crippen molar-refractivity contribution in [2.24, 2.45) is 0 Å². The molecule has 0 saturated carbocycles. The zero-order valence-corrected chi connectivity index (χ0v) is 13.8. The van der Waals surface area contributed by atoms with Gasteiger partial charge in [-0.05, 0) is 37.1 Å². The first-order valence-corrected chi connectivity index (χ1v) is 8.21. The van der Waals surface area contributed by atoms with E-state index in [2.05, 4.69) is 15.6 Å². The standard InChI is InChI=1S/C18H18F3N3O2/c19-18(20,21)13-3-1-4-14(8-13)24-17(25)12-7-15(10-22-9-12)23-11-16-5-2-6-26-16/h1,3-4,7-10,16,23H,2,5-6,11H2,(H,24,25). The number of anilines is 2. The van der Waals surface area contributed by atoms with Crippen LogP contribution in [0.1, 0.15) is 28.8 Å². The van der Waals surface area contributed by atoms with E-state index in [1.807, 2.05) is 0 Å². The summed E-state index contributed by atoms with van der Waals surface area (Å²) in [6.07, 6.45) is 0.628. The Labute approximate surface area is 148 Å². The van der Waals surface area contributed by atoms with Crippen molar-refractivity contribution >= 4 is 17.3 Å². The molecule has 138 valence electrons. The minimum absolute atomic E-state index is 0.0718. The molecule has 3 rings (SSSR count). The number of pyridine rings is 1. The maximum absolute atomic E-state index is 12.8. The lowest BCUT2D eigenvalue weighted by atomic mass is 10.2. The van der Waals surface area contributed by atoms with Crippen molar-refractivity contribution < 1.29 is 22.7 Å². The zero-order valence-electron chi connectivity index (χ0n) is 13.8. The Balaban J connectivity index is 1.65. The van der Waals surface area contributed by atoms with Crippen molar-refractivity contribution in [1.29, 1.82) is 0 Å². The molecular formula is C18H18F3N3O2. The molecule has 5 nitrogen and oxygen atoms in total. The van der Waals surface area contributed by atoms with Crippen LogP contribution in [0.15, 0.2) is 42.7 Å². The molecule has 1 saturated heterocycles. The van der Waals surface area contributed by atoms with Crippen LogP contribution in [0.3, 0.4) is 0 Å². The molecule has 1 fully saturated rings. The van der Waals surface area contributed by atoms with Crippen LogP contribution in [0, 0.1) is 0 Å². The molecule has 0 radical (unpaired) electrons. The van der Waals surface area contributed by atoms with Gasteiger partial charge in [0.05, 0.1) is 22.9 Å². The summed E-state index contributed by atoms with van der Waals surface area (Å²) in [5, 5.41) is 5.62. The van der Waals surface area contributed by atoms with Crippen LogP contribution in [0.25, 0.3) is 0 Å². The lowest BCUT2D eigenvalue weighted by Crippen LogP contribution is -2.19. The number of hydrogen-bond donors (Lipinski definition) is 2. The second kappa shape index (κ2) is 7.74. The van der Waals surface area contributed by atoms with E-state index < -0.39 is 17.6 Å². The molecule has 2 N–H and O–H groups in total. The van der Waals surface area contributed by atoms with Gasteiger partial charge in [0, 0.05) is 31.2 Å². The summed E-state index contributed by atoms with van der Waals surface area (Å²) >= 11 is 0. The molecule has 1 aromatic carbocycles. The van der Waals surface area contributed by atoms with Crippen LogP contribution in [0.5, 0.6) is 0 Å². The summed E-state index contributed by atoms with van der Waals surface area (Å²) in [6, 6.07) is 6.10. The van der Waals surface area contributed by atoms with Gasteiger partial charge in [-0.1, -0.05) is 6.07 Å². The Morgan fingerprint density at radius 1 is 1.23 bits per heavy atom. The Hall–Kier alpha value is -2.61. The molecule has 1 unspecified atom stereocenters. The smallest absolute Gasteiger partial charge is 0.381 e. The first-order chi connectivity index (χ1) is 12.4. The lowest BCUT2D eigenvalue weighted by Gasteiger charge is -2.13. The van der Waals surface area contributed by atoms with Crippen LogP contribution in [0.2, 0.25) is 0 Å². The van der Waals surface area contributed by atoms with Gasteiger partial charge in [0.1, 0.15) is 0 Å². The molecule has 1 aliphatic heterocycles. The van der Waals surface area contributed by atoms with Gasteiger partial charge in [0.2, 0.25) is 0 Å². The highest BCUT2D eigenvalue weighted by Gasteiger charge is 2.30. The second-order valence-corrected chi connectivity index (χ2v) is 6.01. The summed E-state index contributed by atoms with van der Waals surface area (Å²) in [5.74, 6) is -0.530. The number of rotatable bonds is 5. The fourth-order valence-electron chi connectivity index (χ4n) is 2.67. The second-order valence-electron chi connectivity index (χ2n) is 6.01. The molecule has 0 spiro atoms. The van der Waals surface area contributed by atoms with Crippen LogP contribution in [-0.4, -0.2) is 30.1 Å².